The van der Waals surface area contributed by atoms with E-state index in [0.29, 0.717) is 41.1 Å². The Morgan fingerprint density at radius 1 is 1.10 bits per heavy atom. The molecule has 0 saturated heterocycles. The number of fused-ring (bicyclic) bond motifs is 1. The quantitative estimate of drug-likeness (QED) is 0.835. The van der Waals surface area contributed by atoms with Gasteiger partial charge in [-0.3, -0.25) is 4.79 Å². The van der Waals surface area contributed by atoms with Gasteiger partial charge in [0.05, 0.1) is 22.2 Å². The smallest absolute Gasteiger partial charge is 0.258 e. The molecule has 1 aliphatic rings. The minimum absolute atomic E-state index is 0.0563. The number of hydrogen-bond donors (Lipinski definition) is 0. The number of carbonyl (C=O) groups excluding carboxylic acids is 1. The van der Waals surface area contributed by atoms with E-state index in [-0.39, 0.29) is 5.91 Å². The molecule has 0 aliphatic carbocycles. The standard InChI is InChI=1S/C16H13Cl2NO2/c17-13-6-3-4-11(15(13)18)10-19-8-9-21-14-7-2-1-5-12(14)16(19)20/h1-7H,8-10H2. The van der Waals surface area contributed by atoms with Crippen molar-refractivity contribution in [2.45, 2.75) is 6.54 Å². The summed E-state index contributed by atoms with van der Waals surface area (Å²) in [6, 6.07) is 12.7. The number of rotatable bonds is 2. The molecule has 2 aromatic carbocycles. The molecule has 0 N–H and O–H groups in total. The predicted octanol–water partition coefficient (Wildman–Crippen LogP) is 4.03. The van der Waals surface area contributed by atoms with E-state index in [0.717, 1.165) is 5.56 Å². The summed E-state index contributed by atoms with van der Waals surface area (Å²) < 4.78 is 5.62. The molecule has 0 radical (unpaired) electrons. The Morgan fingerprint density at radius 2 is 1.90 bits per heavy atom. The molecule has 1 heterocycles. The van der Waals surface area contributed by atoms with E-state index in [1.165, 1.54) is 0 Å². The summed E-state index contributed by atoms with van der Waals surface area (Å²) in [6.07, 6.45) is 0. The zero-order valence-corrected chi connectivity index (χ0v) is 12.7. The lowest BCUT2D eigenvalue weighted by Gasteiger charge is -2.20. The Hall–Kier alpha value is -1.71. The monoisotopic (exact) mass is 321 g/mol. The highest BCUT2D eigenvalue weighted by Crippen LogP contribution is 2.28. The first kappa shape index (κ1) is 14.2. The maximum Gasteiger partial charge on any atom is 0.258 e. The molecule has 2 aromatic rings. The van der Waals surface area contributed by atoms with Gasteiger partial charge in [-0.25, -0.2) is 0 Å². The molecule has 0 atom stereocenters. The summed E-state index contributed by atoms with van der Waals surface area (Å²) in [4.78, 5) is 14.3. The first-order valence-corrected chi connectivity index (χ1v) is 7.36. The highest BCUT2D eigenvalue weighted by atomic mass is 35.5. The number of nitrogens with zero attached hydrogens (tertiary/aromatic N) is 1. The van der Waals surface area contributed by atoms with Crippen LogP contribution in [0.2, 0.25) is 10.0 Å². The van der Waals surface area contributed by atoms with Crippen molar-refractivity contribution in [3.05, 3.63) is 63.6 Å². The van der Waals surface area contributed by atoms with E-state index in [1.807, 2.05) is 30.3 Å². The molecule has 108 valence electrons. The van der Waals surface area contributed by atoms with Gasteiger partial charge in [-0.2, -0.15) is 0 Å². The van der Waals surface area contributed by atoms with Crippen LogP contribution in [0.15, 0.2) is 42.5 Å². The van der Waals surface area contributed by atoms with Crippen LogP contribution in [0.3, 0.4) is 0 Å². The molecular formula is C16H13Cl2NO2. The van der Waals surface area contributed by atoms with Gasteiger partial charge in [-0.15, -0.1) is 0 Å². The zero-order chi connectivity index (χ0) is 14.8. The SMILES string of the molecule is O=C1c2ccccc2OCCN1Cc1cccc(Cl)c1Cl. The minimum atomic E-state index is -0.0563. The average Bonchev–Trinajstić information content (AvgIpc) is 2.65. The van der Waals surface area contributed by atoms with Crippen LogP contribution in [0.1, 0.15) is 15.9 Å². The summed E-state index contributed by atoms with van der Waals surface area (Å²) in [7, 11) is 0. The lowest BCUT2D eigenvalue weighted by Crippen LogP contribution is -2.31. The van der Waals surface area contributed by atoms with E-state index < -0.39 is 0 Å². The van der Waals surface area contributed by atoms with Crippen molar-refractivity contribution in [3.63, 3.8) is 0 Å². The fraction of sp³-hybridized carbons (Fsp3) is 0.188. The van der Waals surface area contributed by atoms with Crippen molar-refractivity contribution in [2.24, 2.45) is 0 Å². The molecule has 0 spiro atoms. The second-order valence-corrected chi connectivity index (χ2v) is 5.57. The Labute approximate surface area is 133 Å². The molecular weight excluding hydrogens is 309 g/mol. The van der Waals surface area contributed by atoms with Crippen LogP contribution in [-0.2, 0) is 6.54 Å². The van der Waals surface area contributed by atoms with Crippen molar-refractivity contribution in [3.8, 4) is 5.75 Å². The van der Waals surface area contributed by atoms with Crippen molar-refractivity contribution in [1.29, 1.82) is 0 Å². The third-order valence-corrected chi connectivity index (χ3v) is 4.27. The highest BCUT2D eigenvalue weighted by molar-refractivity contribution is 6.42. The normalized spacial score (nSPS) is 14.4. The van der Waals surface area contributed by atoms with Crippen LogP contribution >= 0.6 is 23.2 Å². The van der Waals surface area contributed by atoms with Gasteiger partial charge in [-0.1, -0.05) is 47.5 Å². The van der Waals surface area contributed by atoms with Crippen LogP contribution in [0, 0.1) is 0 Å². The Balaban J connectivity index is 1.90. The van der Waals surface area contributed by atoms with Crippen LogP contribution in [0.5, 0.6) is 5.75 Å². The molecule has 3 nitrogen and oxygen atoms in total. The number of para-hydroxylation sites is 1. The average molecular weight is 322 g/mol. The van der Waals surface area contributed by atoms with Crippen LogP contribution in [0.4, 0.5) is 0 Å². The van der Waals surface area contributed by atoms with E-state index >= 15 is 0 Å². The number of amides is 1. The van der Waals surface area contributed by atoms with Gasteiger partial charge in [0.2, 0.25) is 0 Å². The van der Waals surface area contributed by atoms with Crippen LogP contribution in [-0.4, -0.2) is 24.0 Å². The molecule has 1 aliphatic heterocycles. The van der Waals surface area contributed by atoms with Crippen molar-refractivity contribution in [1.82, 2.24) is 4.90 Å². The van der Waals surface area contributed by atoms with E-state index in [1.54, 1.807) is 17.0 Å². The van der Waals surface area contributed by atoms with Crippen LogP contribution in [0.25, 0.3) is 0 Å². The molecule has 5 heteroatoms. The first-order valence-electron chi connectivity index (χ1n) is 6.61. The van der Waals surface area contributed by atoms with Gasteiger partial charge >= 0.3 is 0 Å². The highest BCUT2D eigenvalue weighted by Gasteiger charge is 2.23. The third kappa shape index (κ3) is 2.85. The Bertz CT molecular complexity index is 688. The molecule has 0 aromatic heterocycles. The van der Waals surface area contributed by atoms with Gasteiger partial charge < -0.3 is 9.64 Å². The molecule has 0 unspecified atom stereocenters. The van der Waals surface area contributed by atoms with E-state index in [9.17, 15) is 4.79 Å². The Kier molecular flexibility index (Phi) is 4.04. The van der Waals surface area contributed by atoms with Crippen molar-refractivity contribution < 1.29 is 9.53 Å². The van der Waals surface area contributed by atoms with Gasteiger partial charge in [0, 0.05) is 6.54 Å². The first-order chi connectivity index (χ1) is 10.2. The van der Waals surface area contributed by atoms with Crippen molar-refractivity contribution in [2.75, 3.05) is 13.2 Å². The topological polar surface area (TPSA) is 29.5 Å². The maximum atomic E-state index is 12.6. The molecule has 21 heavy (non-hydrogen) atoms. The second kappa shape index (κ2) is 5.96. The van der Waals surface area contributed by atoms with Gasteiger partial charge in [0.1, 0.15) is 12.4 Å². The summed E-state index contributed by atoms with van der Waals surface area (Å²) in [5, 5.41) is 0.985. The van der Waals surface area contributed by atoms with Gasteiger partial charge in [-0.05, 0) is 23.8 Å². The summed E-state index contributed by atoms with van der Waals surface area (Å²) >= 11 is 12.2. The van der Waals surface area contributed by atoms with Gasteiger partial charge in [0.15, 0.2) is 0 Å². The number of carbonyl (C=O) groups is 1. The molecule has 3 rings (SSSR count). The Morgan fingerprint density at radius 3 is 2.76 bits per heavy atom. The minimum Gasteiger partial charge on any atom is -0.491 e. The number of ether oxygens (including phenoxy) is 1. The van der Waals surface area contributed by atoms with Gasteiger partial charge in [0.25, 0.3) is 5.91 Å². The fourth-order valence-corrected chi connectivity index (χ4v) is 2.71. The summed E-state index contributed by atoms with van der Waals surface area (Å²) in [5.41, 5.74) is 1.41. The predicted molar refractivity (Wildman–Crippen MR) is 83.1 cm³/mol. The summed E-state index contributed by atoms with van der Waals surface area (Å²) in [5.74, 6) is 0.571. The lowest BCUT2D eigenvalue weighted by atomic mass is 10.1. The molecule has 1 amide bonds. The van der Waals surface area contributed by atoms with E-state index in [4.69, 9.17) is 27.9 Å². The fourth-order valence-electron chi connectivity index (χ4n) is 2.33. The zero-order valence-electron chi connectivity index (χ0n) is 11.2. The number of hydrogen-bond acceptors (Lipinski definition) is 2. The largest absolute Gasteiger partial charge is 0.491 e. The molecule has 0 saturated carbocycles. The van der Waals surface area contributed by atoms with Crippen molar-refractivity contribution >= 4 is 29.1 Å². The number of benzene rings is 2. The third-order valence-electron chi connectivity index (χ3n) is 3.42. The lowest BCUT2D eigenvalue weighted by molar-refractivity contribution is 0.0743. The van der Waals surface area contributed by atoms with Crippen LogP contribution < -0.4 is 4.74 Å². The number of halogens is 2. The molecule has 0 fully saturated rings. The van der Waals surface area contributed by atoms with E-state index in [2.05, 4.69) is 0 Å². The maximum absolute atomic E-state index is 12.6. The summed E-state index contributed by atoms with van der Waals surface area (Å²) in [6.45, 7) is 1.38. The molecule has 0 bridgehead atoms. The second-order valence-electron chi connectivity index (χ2n) is 4.78.